The van der Waals surface area contributed by atoms with Gasteiger partial charge in [-0.1, -0.05) is 96.1 Å². The Bertz CT molecular complexity index is 1210. The van der Waals surface area contributed by atoms with Gasteiger partial charge in [-0.25, -0.2) is 0 Å². The van der Waals surface area contributed by atoms with Crippen LogP contribution in [0.3, 0.4) is 0 Å². The van der Waals surface area contributed by atoms with Crippen molar-refractivity contribution in [3.05, 3.63) is 99.6 Å². The van der Waals surface area contributed by atoms with Gasteiger partial charge in [0.1, 0.15) is 5.75 Å². The Balaban J connectivity index is 1.71. The van der Waals surface area contributed by atoms with Crippen molar-refractivity contribution >= 4 is 0 Å². The first kappa shape index (κ1) is 26.3. The number of hydrogen-bond donors (Lipinski definition) is 0. The van der Waals surface area contributed by atoms with E-state index in [2.05, 4.69) is 74.9 Å². The molecule has 1 aliphatic rings. The van der Waals surface area contributed by atoms with E-state index >= 15 is 0 Å². The van der Waals surface area contributed by atoms with Crippen LogP contribution in [0.5, 0.6) is 5.75 Å². The maximum atomic E-state index is 13.1. The SMILES string of the molecule is CC(C)c1ccccc1C1CC1c1cccc(Cc2cccc(OC(F)(F)F)c2C(C)C)c1C(C)C. The van der Waals surface area contributed by atoms with E-state index in [1.807, 2.05) is 19.9 Å². The smallest absolute Gasteiger partial charge is 0.405 e. The molecule has 2 unspecified atom stereocenters. The van der Waals surface area contributed by atoms with Crippen LogP contribution in [0.2, 0.25) is 0 Å². The van der Waals surface area contributed by atoms with Gasteiger partial charge in [0, 0.05) is 5.56 Å². The molecule has 0 aliphatic heterocycles. The molecular formula is C32H37F3O. The summed E-state index contributed by atoms with van der Waals surface area (Å²) in [5, 5.41) is 0. The van der Waals surface area contributed by atoms with Crippen LogP contribution in [-0.2, 0) is 6.42 Å². The van der Waals surface area contributed by atoms with Gasteiger partial charge in [-0.2, -0.15) is 0 Å². The minimum atomic E-state index is -4.71. The van der Waals surface area contributed by atoms with Gasteiger partial charge in [0.25, 0.3) is 0 Å². The molecule has 0 amide bonds. The third-order valence-electron chi connectivity index (χ3n) is 7.36. The average molecular weight is 495 g/mol. The molecule has 3 aromatic carbocycles. The van der Waals surface area contributed by atoms with Crippen LogP contribution in [0.15, 0.2) is 60.7 Å². The van der Waals surface area contributed by atoms with E-state index in [0.29, 0.717) is 35.7 Å². The average Bonchev–Trinajstić information content (AvgIpc) is 3.58. The molecule has 1 fully saturated rings. The predicted octanol–water partition coefficient (Wildman–Crippen LogP) is 9.82. The molecule has 192 valence electrons. The third-order valence-corrected chi connectivity index (χ3v) is 7.36. The summed E-state index contributed by atoms with van der Waals surface area (Å²) >= 11 is 0. The van der Waals surface area contributed by atoms with Crippen LogP contribution >= 0.6 is 0 Å². The first-order chi connectivity index (χ1) is 17.0. The Kier molecular flexibility index (Phi) is 7.54. The first-order valence-electron chi connectivity index (χ1n) is 13.1. The molecule has 1 saturated carbocycles. The van der Waals surface area contributed by atoms with Crippen LogP contribution in [0, 0.1) is 0 Å². The van der Waals surface area contributed by atoms with Crippen LogP contribution in [0.4, 0.5) is 13.2 Å². The standard InChI is InChI=1S/C32H37F3O/c1-19(2)24-13-7-8-14-25(24)27-18-28(27)26-15-9-11-22(30(26)20(3)4)17-23-12-10-16-29(31(23)21(5)6)36-32(33,34)35/h7-16,19-21,27-28H,17-18H2,1-6H3. The Morgan fingerprint density at radius 1 is 0.694 bits per heavy atom. The number of rotatable bonds is 8. The number of hydrogen-bond acceptors (Lipinski definition) is 1. The molecule has 36 heavy (non-hydrogen) atoms. The lowest BCUT2D eigenvalue weighted by Gasteiger charge is -2.22. The summed E-state index contributed by atoms with van der Waals surface area (Å²) in [5.74, 6) is 1.61. The van der Waals surface area contributed by atoms with E-state index in [4.69, 9.17) is 0 Å². The summed E-state index contributed by atoms with van der Waals surface area (Å²) in [5.41, 5.74) is 8.32. The van der Waals surface area contributed by atoms with Gasteiger partial charge in [-0.15, -0.1) is 13.2 Å². The fourth-order valence-electron chi connectivity index (χ4n) is 5.89. The van der Waals surface area contributed by atoms with Crippen molar-refractivity contribution in [2.75, 3.05) is 0 Å². The quantitative estimate of drug-likeness (QED) is 0.303. The highest BCUT2D eigenvalue weighted by atomic mass is 19.4. The highest BCUT2D eigenvalue weighted by Gasteiger charge is 2.42. The van der Waals surface area contributed by atoms with Crippen molar-refractivity contribution in [3.63, 3.8) is 0 Å². The monoisotopic (exact) mass is 494 g/mol. The molecule has 2 atom stereocenters. The first-order valence-corrected chi connectivity index (χ1v) is 13.1. The van der Waals surface area contributed by atoms with E-state index < -0.39 is 6.36 Å². The van der Waals surface area contributed by atoms with Gasteiger partial charge in [-0.3, -0.25) is 0 Å². The van der Waals surface area contributed by atoms with E-state index in [0.717, 1.165) is 12.0 Å². The third kappa shape index (κ3) is 5.63. The van der Waals surface area contributed by atoms with Crippen LogP contribution < -0.4 is 4.74 Å². The van der Waals surface area contributed by atoms with Gasteiger partial charge < -0.3 is 4.74 Å². The second kappa shape index (κ2) is 10.3. The summed E-state index contributed by atoms with van der Waals surface area (Å²) < 4.78 is 43.7. The minimum absolute atomic E-state index is 0.0928. The molecule has 4 rings (SSSR count). The molecule has 3 aromatic rings. The largest absolute Gasteiger partial charge is 0.573 e. The molecule has 0 aromatic heterocycles. The van der Waals surface area contributed by atoms with E-state index in [1.165, 1.54) is 33.9 Å². The summed E-state index contributed by atoms with van der Waals surface area (Å²) in [7, 11) is 0. The van der Waals surface area contributed by atoms with Crippen molar-refractivity contribution in [2.45, 2.75) is 90.3 Å². The maximum Gasteiger partial charge on any atom is 0.573 e. The van der Waals surface area contributed by atoms with E-state index in [1.54, 1.807) is 6.07 Å². The summed E-state index contributed by atoms with van der Waals surface area (Å²) in [4.78, 5) is 0. The highest BCUT2D eigenvalue weighted by Crippen LogP contribution is 2.57. The number of halogens is 3. The zero-order valence-corrected chi connectivity index (χ0v) is 22.1. The molecule has 0 saturated heterocycles. The van der Waals surface area contributed by atoms with E-state index in [9.17, 15) is 13.2 Å². The molecule has 0 N–H and O–H groups in total. The molecule has 1 nitrogen and oxygen atoms in total. The Hall–Kier alpha value is -2.75. The lowest BCUT2D eigenvalue weighted by Crippen LogP contribution is -2.19. The lowest BCUT2D eigenvalue weighted by atomic mass is 9.84. The van der Waals surface area contributed by atoms with Gasteiger partial charge in [0.05, 0.1) is 0 Å². The number of ether oxygens (including phenoxy) is 1. The van der Waals surface area contributed by atoms with E-state index in [-0.39, 0.29) is 11.7 Å². The van der Waals surface area contributed by atoms with Crippen molar-refractivity contribution < 1.29 is 17.9 Å². The lowest BCUT2D eigenvalue weighted by molar-refractivity contribution is -0.275. The van der Waals surface area contributed by atoms with Crippen LogP contribution in [0.25, 0.3) is 0 Å². The second-order valence-electron chi connectivity index (χ2n) is 11.0. The maximum absolute atomic E-state index is 13.1. The van der Waals surface area contributed by atoms with Gasteiger partial charge >= 0.3 is 6.36 Å². The second-order valence-corrected chi connectivity index (χ2v) is 11.0. The van der Waals surface area contributed by atoms with Gasteiger partial charge in [-0.05, 0) is 81.9 Å². The van der Waals surface area contributed by atoms with Gasteiger partial charge in [0.2, 0.25) is 0 Å². The van der Waals surface area contributed by atoms with Crippen LogP contribution in [0.1, 0.15) is 116 Å². The Morgan fingerprint density at radius 3 is 1.86 bits per heavy atom. The molecular weight excluding hydrogens is 457 g/mol. The van der Waals surface area contributed by atoms with Crippen molar-refractivity contribution in [2.24, 2.45) is 0 Å². The number of alkyl halides is 3. The highest BCUT2D eigenvalue weighted by molar-refractivity contribution is 5.51. The van der Waals surface area contributed by atoms with Crippen molar-refractivity contribution in [1.82, 2.24) is 0 Å². The molecule has 4 heteroatoms. The molecule has 0 bridgehead atoms. The molecule has 0 radical (unpaired) electrons. The number of benzene rings is 3. The normalized spacial score (nSPS) is 17.8. The molecule has 0 spiro atoms. The fourth-order valence-corrected chi connectivity index (χ4v) is 5.89. The van der Waals surface area contributed by atoms with Crippen LogP contribution in [-0.4, -0.2) is 6.36 Å². The topological polar surface area (TPSA) is 9.23 Å². The summed E-state index contributed by atoms with van der Waals surface area (Å²) in [6, 6.07) is 20.3. The Labute approximate surface area is 213 Å². The summed E-state index contributed by atoms with van der Waals surface area (Å²) in [6.07, 6.45) is -2.98. The zero-order valence-electron chi connectivity index (χ0n) is 22.1. The predicted molar refractivity (Wildman–Crippen MR) is 141 cm³/mol. The van der Waals surface area contributed by atoms with Crippen molar-refractivity contribution in [1.29, 1.82) is 0 Å². The van der Waals surface area contributed by atoms with Crippen molar-refractivity contribution in [3.8, 4) is 5.75 Å². The Morgan fingerprint density at radius 2 is 1.25 bits per heavy atom. The molecule has 0 heterocycles. The molecule has 1 aliphatic carbocycles. The minimum Gasteiger partial charge on any atom is -0.405 e. The fraction of sp³-hybridized carbons (Fsp3) is 0.438. The summed E-state index contributed by atoms with van der Waals surface area (Å²) in [6.45, 7) is 12.8. The zero-order chi connectivity index (χ0) is 26.2. The van der Waals surface area contributed by atoms with Gasteiger partial charge in [0.15, 0.2) is 0 Å².